The molecule has 158 valence electrons. The van der Waals surface area contributed by atoms with E-state index in [1.54, 1.807) is 43.3 Å². The van der Waals surface area contributed by atoms with Gasteiger partial charge in [-0.05, 0) is 36.2 Å². The van der Waals surface area contributed by atoms with Crippen LogP contribution in [0, 0.1) is 0 Å². The van der Waals surface area contributed by atoms with Crippen molar-refractivity contribution in [3.8, 4) is 0 Å². The molecule has 0 fully saturated rings. The molecule has 0 saturated carbocycles. The molecule has 0 saturated heterocycles. The molecule has 0 aliphatic heterocycles. The lowest BCUT2D eigenvalue weighted by Gasteiger charge is -2.22. The predicted octanol–water partition coefficient (Wildman–Crippen LogP) is 2.38. The van der Waals surface area contributed by atoms with Crippen molar-refractivity contribution in [1.82, 2.24) is 9.62 Å². The molecule has 7 nitrogen and oxygen atoms in total. The summed E-state index contributed by atoms with van der Waals surface area (Å²) in [7, 11) is -6.96. The Balaban J connectivity index is 2.09. The molecule has 0 heterocycles. The minimum Gasteiger partial charge on any atom is -0.348 e. The smallest absolute Gasteiger partial charge is 0.235 e. The normalized spacial score (nSPS) is 13.3. The minimum absolute atomic E-state index is 0.0244. The number of nitrogens with one attached hydrogen (secondary N) is 1. The van der Waals surface area contributed by atoms with Crippen LogP contribution in [0.5, 0.6) is 0 Å². The third-order valence-corrected chi connectivity index (χ3v) is 6.97. The molecule has 0 aliphatic rings. The van der Waals surface area contributed by atoms with Crippen LogP contribution < -0.4 is 5.32 Å². The molecule has 0 aromatic heterocycles. The number of sulfone groups is 1. The van der Waals surface area contributed by atoms with Gasteiger partial charge in [-0.2, -0.15) is 4.31 Å². The second-order valence-corrected chi connectivity index (χ2v) is 11.2. The van der Waals surface area contributed by atoms with Gasteiger partial charge in [0.1, 0.15) is 0 Å². The molecule has 1 N–H and O–H groups in total. The Labute approximate surface area is 176 Å². The maximum Gasteiger partial charge on any atom is 0.235 e. The van der Waals surface area contributed by atoms with Gasteiger partial charge in [0.25, 0.3) is 0 Å². The van der Waals surface area contributed by atoms with Gasteiger partial charge in [0.15, 0.2) is 9.84 Å². The van der Waals surface area contributed by atoms with Crippen LogP contribution >= 0.6 is 11.6 Å². The van der Waals surface area contributed by atoms with Gasteiger partial charge in [0, 0.05) is 17.8 Å². The molecule has 2 rings (SSSR count). The molecule has 10 heteroatoms. The third kappa shape index (κ3) is 6.81. The van der Waals surface area contributed by atoms with E-state index in [0.29, 0.717) is 16.1 Å². The van der Waals surface area contributed by atoms with Crippen LogP contribution in [0.1, 0.15) is 24.1 Å². The van der Waals surface area contributed by atoms with E-state index >= 15 is 0 Å². The molecular formula is C19H23ClN2O5S2. The topological polar surface area (TPSA) is 101 Å². The molecule has 1 amide bonds. The number of amides is 1. The summed E-state index contributed by atoms with van der Waals surface area (Å²) in [5.41, 5.74) is 1.29. The average Bonchev–Trinajstić information content (AvgIpc) is 2.61. The van der Waals surface area contributed by atoms with E-state index in [0.717, 1.165) is 16.8 Å². The van der Waals surface area contributed by atoms with Gasteiger partial charge < -0.3 is 5.32 Å². The van der Waals surface area contributed by atoms with Crippen LogP contribution in [0.3, 0.4) is 0 Å². The summed E-state index contributed by atoms with van der Waals surface area (Å²) in [6, 6.07) is 12.5. The van der Waals surface area contributed by atoms with E-state index in [1.165, 1.54) is 12.1 Å². The van der Waals surface area contributed by atoms with Crippen molar-refractivity contribution >= 4 is 37.4 Å². The molecule has 0 aliphatic carbocycles. The van der Waals surface area contributed by atoms with Crippen molar-refractivity contribution in [2.75, 3.05) is 19.1 Å². The van der Waals surface area contributed by atoms with E-state index in [4.69, 9.17) is 11.6 Å². The number of rotatable bonds is 8. The van der Waals surface area contributed by atoms with E-state index < -0.39 is 31.8 Å². The zero-order valence-corrected chi connectivity index (χ0v) is 18.7. The number of hydrogen-bond donors (Lipinski definition) is 1. The SMILES string of the molecule is CC(NC(=O)CN(Cc1ccccc1Cl)S(C)(=O)=O)c1ccc(S(C)(=O)=O)cc1. The average molecular weight is 459 g/mol. The first kappa shape index (κ1) is 23.3. The number of halogens is 1. The lowest BCUT2D eigenvalue weighted by molar-refractivity contribution is -0.122. The zero-order valence-electron chi connectivity index (χ0n) is 16.3. The highest BCUT2D eigenvalue weighted by molar-refractivity contribution is 7.90. The number of carbonyl (C=O) groups is 1. The third-order valence-electron chi connectivity index (χ3n) is 4.28. The Hall–Kier alpha value is -1.94. The quantitative estimate of drug-likeness (QED) is 0.654. The van der Waals surface area contributed by atoms with Crippen LogP contribution in [0.15, 0.2) is 53.4 Å². The first-order valence-electron chi connectivity index (χ1n) is 8.66. The molecule has 2 aromatic carbocycles. The van der Waals surface area contributed by atoms with Crippen molar-refractivity contribution in [3.05, 3.63) is 64.7 Å². The Morgan fingerprint density at radius 2 is 1.62 bits per heavy atom. The second kappa shape index (κ2) is 9.25. The Morgan fingerprint density at radius 3 is 2.14 bits per heavy atom. The number of carbonyl (C=O) groups excluding carboxylic acids is 1. The van der Waals surface area contributed by atoms with E-state index in [-0.39, 0.29) is 18.0 Å². The fraction of sp³-hybridized carbons (Fsp3) is 0.316. The van der Waals surface area contributed by atoms with Crippen LogP contribution in [0.25, 0.3) is 0 Å². The van der Waals surface area contributed by atoms with Gasteiger partial charge >= 0.3 is 0 Å². The van der Waals surface area contributed by atoms with Gasteiger partial charge in [-0.15, -0.1) is 0 Å². The number of benzene rings is 2. The molecule has 2 aromatic rings. The van der Waals surface area contributed by atoms with Crippen molar-refractivity contribution < 1.29 is 21.6 Å². The highest BCUT2D eigenvalue weighted by Gasteiger charge is 2.22. The highest BCUT2D eigenvalue weighted by atomic mass is 35.5. The van der Waals surface area contributed by atoms with Crippen molar-refractivity contribution in [1.29, 1.82) is 0 Å². The van der Waals surface area contributed by atoms with Crippen LogP contribution in [0.2, 0.25) is 5.02 Å². The molecule has 1 unspecified atom stereocenters. The number of nitrogens with zero attached hydrogens (tertiary/aromatic N) is 1. The zero-order chi connectivity index (χ0) is 21.8. The lowest BCUT2D eigenvalue weighted by Crippen LogP contribution is -2.40. The molecule has 0 spiro atoms. The molecular weight excluding hydrogens is 436 g/mol. The highest BCUT2D eigenvalue weighted by Crippen LogP contribution is 2.19. The maximum atomic E-state index is 12.4. The molecule has 1 atom stereocenters. The fourth-order valence-corrected chi connectivity index (χ4v) is 4.19. The Bertz CT molecular complexity index is 1080. The summed E-state index contributed by atoms with van der Waals surface area (Å²) < 4.78 is 48.4. The molecule has 29 heavy (non-hydrogen) atoms. The summed E-state index contributed by atoms with van der Waals surface area (Å²) in [5, 5.41) is 3.15. The van der Waals surface area contributed by atoms with Crippen LogP contribution in [-0.2, 0) is 31.2 Å². The molecule has 0 bridgehead atoms. The summed E-state index contributed by atoms with van der Waals surface area (Å²) in [6.07, 6.45) is 2.15. The monoisotopic (exact) mass is 458 g/mol. The van der Waals surface area contributed by atoms with Gasteiger partial charge in [0.05, 0.1) is 23.7 Å². The Kier molecular flexibility index (Phi) is 7.45. The van der Waals surface area contributed by atoms with Gasteiger partial charge in [-0.25, -0.2) is 16.8 Å². The van der Waals surface area contributed by atoms with Crippen molar-refractivity contribution in [2.24, 2.45) is 0 Å². The van der Waals surface area contributed by atoms with Crippen molar-refractivity contribution in [3.63, 3.8) is 0 Å². The lowest BCUT2D eigenvalue weighted by atomic mass is 10.1. The fourth-order valence-electron chi connectivity index (χ4n) is 2.64. The number of hydrogen-bond acceptors (Lipinski definition) is 5. The summed E-state index contributed by atoms with van der Waals surface area (Å²) in [4.78, 5) is 12.6. The van der Waals surface area contributed by atoms with E-state index in [9.17, 15) is 21.6 Å². The maximum absolute atomic E-state index is 12.4. The summed E-state index contributed by atoms with van der Waals surface area (Å²) in [5.74, 6) is -0.484. The standard InChI is InChI=1S/C19H23ClN2O5S2/c1-14(15-8-10-17(11-9-15)28(2,24)25)21-19(23)13-22(29(3,26)27)12-16-6-4-5-7-18(16)20/h4-11,14H,12-13H2,1-3H3,(H,21,23). The largest absolute Gasteiger partial charge is 0.348 e. The van der Waals surface area contributed by atoms with E-state index in [2.05, 4.69) is 5.32 Å². The van der Waals surface area contributed by atoms with Crippen LogP contribution in [0.4, 0.5) is 0 Å². The second-order valence-electron chi connectivity index (χ2n) is 6.75. The first-order chi connectivity index (χ1) is 13.4. The van der Waals surface area contributed by atoms with E-state index in [1.807, 2.05) is 0 Å². The van der Waals surface area contributed by atoms with Gasteiger partial charge in [-0.1, -0.05) is 41.9 Å². The molecule has 0 radical (unpaired) electrons. The number of sulfonamides is 1. The minimum atomic E-state index is -3.65. The summed E-state index contributed by atoms with van der Waals surface area (Å²) in [6.45, 7) is 1.34. The van der Waals surface area contributed by atoms with Gasteiger partial charge in [0.2, 0.25) is 15.9 Å². The summed E-state index contributed by atoms with van der Waals surface area (Å²) >= 11 is 6.10. The Morgan fingerprint density at radius 1 is 1.03 bits per heavy atom. The van der Waals surface area contributed by atoms with Crippen molar-refractivity contribution in [2.45, 2.75) is 24.4 Å². The van der Waals surface area contributed by atoms with Gasteiger partial charge in [-0.3, -0.25) is 4.79 Å². The van der Waals surface area contributed by atoms with Crippen LogP contribution in [-0.4, -0.2) is 46.1 Å². The first-order valence-corrected chi connectivity index (χ1v) is 12.8. The predicted molar refractivity (Wildman–Crippen MR) is 113 cm³/mol.